The van der Waals surface area contributed by atoms with Gasteiger partial charge >= 0.3 is 6.18 Å². The van der Waals surface area contributed by atoms with Gasteiger partial charge in [0.25, 0.3) is 0 Å². The Morgan fingerprint density at radius 2 is 1.83 bits per heavy atom. The van der Waals surface area contributed by atoms with E-state index in [9.17, 15) is 13.2 Å². The number of alkyl halides is 3. The summed E-state index contributed by atoms with van der Waals surface area (Å²) in [5.74, 6) is 0.930. The molecule has 0 saturated heterocycles. The van der Waals surface area contributed by atoms with Crippen molar-refractivity contribution in [2.45, 2.75) is 20.0 Å². The fraction of sp³-hybridized carbons (Fsp3) is 0.538. The lowest BCUT2D eigenvalue weighted by Crippen LogP contribution is -2.20. The van der Waals surface area contributed by atoms with Gasteiger partial charge in [-0.15, -0.1) is 0 Å². The van der Waals surface area contributed by atoms with Crippen LogP contribution in [0.2, 0.25) is 0 Å². The third-order valence-corrected chi connectivity index (χ3v) is 3.29. The van der Waals surface area contributed by atoms with Crippen LogP contribution in [0, 0.1) is 11.8 Å². The molecule has 0 fully saturated rings. The van der Waals surface area contributed by atoms with Crippen LogP contribution in [-0.2, 0) is 6.18 Å². The summed E-state index contributed by atoms with van der Waals surface area (Å²) < 4.78 is 43.5. The number of hydrogen-bond donors (Lipinski definition) is 1. The summed E-state index contributed by atoms with van der Waals surface area (Å²) in [6, 6.07) is 5.27. The monoisotopic (exact) mass is 278 g/mol. The van der Waals surface area contributed by atoms with Gasteiger partial charge in [0.05, 0.1) is 12.2 Å². The average Bonchev–Trinajstić information content (AvgIpc) is 2.28. The summed E-state index contributed by atoms with van der Waals surface area (Å²) in [6.07, 6.45) is -4.38. The molecule has 0 saturated carbocycles. The Balaban J connectivity index is 2.79. The number of halogens is 3. The predicted molar refractivity (Wildman–Crippen MR) is 69.1 cm³/mol. The Morgan fingerprint density at radius 3 is 2.33 bits per heavy atom. The molecule has 1 rings (SSSR count). The largest absolute Gasteiger partial charge is 0.493 e. The Kier molecular flexibility index (Phi) is 5.38. The molecule has 0 bridgehead atoms. The van der Waals surface area contributed by atoms with Crippen LogP contribution in [0.1, 0.15) is 19.4 Å². The highest BCUT2D eigenvalue weighted by atomic mass is 32.1. The second-order valence-electron chi connectivity index (χ2n) is 4.49. The molecule has 1 atom stereocenters. The highest BCUT2D eigenvalue weighted by molar-refractivity contribution is 7.80. The third-order valence-electron chi connectivity index (χ3n) is 2.82. The fourth-order valence-corrected chi connectivity index (χ4v) is 2.01. The van der Waals surface area contributed by atoms with Gasteiger partial charge in [-0.3, -0.25) is 0 Å². The molecule has 5 heteroatoms. The molecule has 1 nitrogen and oxygen atoms in total. The first-order chi connectivity index (χ1) is 8.36. The molecule has 0 amide bonds. The van der Waals surface area contributed by atoms with Crippen molar-refractivity contribution in [3.63, 3.8) is 0 Å². The molecule has 0 heterocycles. The topological polar surface area (TPSA) is 9.23 Å². The van der Waals surface area contributed by atoms with E-state index in [2.05, 4.69) is 12.6 Å². The lowest BCUT2D eigenvalue weighted by Gasteiger charge is -2.20. The predicted octanol–water partition coefficient (Wildman–Crippen LogP) is 4.29. The highest BCUT2D eigenvalue weighted by Crippen LogP contribution is 2.36. The Bertz CT molecular complexity index is 377. The number of rotatable bonds is 5. The van der Waals surface area contributed by atoms with Crippen LogP contribution in [0.25, 0.3) is 0 Å². The van der Waals surface area contributed by atoms with Gasteiger partial charge in [0, 0.05) is 5.92 Å². The van der Waals surface area contributed by atoms with E-state index in [1.165, 1.54) is 18.2 Å². The smallest absolute Gasteiger partial charge is 0.419 e. The van der Waals surface area contributed by atoms with Gasteiger partial charge in [0.15, 0.2) is 0 Å². The molecule has 18 heavy (non-hydrogen) atoms. The van der Waals surface area contributed by atoms with Crippen molar-refractivity contribution in [3.05, 3.63) is 29.8 Å². The number of hydrogen-bond acceptors (Lipinski definition) is 2. The van der Waals surface area contributed by atoms with E-state index < -0.39 is 11.7 Å². The molecular formula is C13H17F3OS. The number of thiol groups is 1. The summed E-state index contributed by atoms with van der Waals surface area (Å²) in [5.41, 5.74) is -0.730. The lowest BCUT2D eigenvalue weighted by molar-refractivity contribution is -0.139. The summed E-state index contributed by atoms with van der Waals surface area (Å²) in [5, 5.41) is 0. The van der Waals surface area contributed by atoms with E-state index in [1.54, 1.807) is 0 Å². The van der Waals surface area contributed by atoms with Crippen molar-refractivity contribution in [3.8, 4) is 5.75 Å². The average molecular weight is 278 g/mol. The molecule has 0 aliphatic rings. The van der Waals surface area contributed by atoms with Gasteiger partial charge in [-0.2, -0.15) is 25.8 Å². The summed E-state index contributed by atoms with van der Waals surface area (Å²) in [7, 11) is 0. The fourth-order valence-electron chi connectivity index (χ4n) is 1.48. The molecule has 1 aromatic carbocycles. The molecule has 102 valence electrons. The first-order valence-corrected chi connectivity index (χ1v) is 6.39. The Hall–Kier alpha value is -0.840. The lowest BCUT2D eigenvalue weighted by atomic mass is 9.99. The van der Waals surface area contributed by atoms with Crippen molar-refractivity contribution in [2.75, 3.05) is 12.4 Å². The second-order valence-corrected chi connectivity index (χ2v) is 4.86. The summed E-state index contributed by atoms with van der Waals surface area (Å²) in [4.78, 5) is 0. The zero-order valence-electron chi connectivity index (χ0n) is 10.4. The van der Waals surface area contributed by atoms with Gasteiger partial charge < -0.3 is 4.74 Å². The molecule has 0 radical (unpaired) electrons. The molecule has 0 N–H and O–H groups in total. The number of para-hydroxylation sites is 1. The first-order valence-electron chi connectivity index (χ1n) is 5.76. The quantitative estimate of drug-likeness (QED) is 0.791. The van der Waals surface area contributed by atoms with Crippen molar-refractivity contribution in [2.24, 2.45) is 11.8 Å². The minimum absolute atomic E-state index is 0.113. The normalized spacial score (nSPS) is 13.7. The molecule has 1 unspecified atom stereocenters. The molecule has 0 spiro atoms. The first kappa shape index (κ1) is 15.2. The van der Waals surface area contributed by atoms with Crippen LogP contribution in [-0.4, -0.2) is 12.4 Å². The van der Waals surface area contributed by atoms with Crippen LogP contribution in [0.3, 0.4) is 0 Å². The standard InChI is InChI=1S/C13H17F3OS/c1-9(2)10(8-18)7-17-12-6-4-3-5-11(12)13(14,15)16/h3-6,9-10,18H,7-8H2,1-2H3. The van der Waals surface area contributed by atoms with Gasteiger partial charge in [-0.05, 0) is 23.8 Å². The van der Waals surface area contributed by atoms with E-state index >= 15 is 0 Å². The van der Waals surface area contributed by atoms with E-state index in [0.29, 0.717) is 11.7 Å². The van der Waals surface area contributed by atoms with E-state index in [-0.39, 0.29) is 18.3 Å². The Morgan fingerprint density at radius 1 is 1.22 bits per heavy atom. The maximum atomic E-state index is 12.7. The van der Waals surface area contributed by atoms with Crippen molar-refractivity contribution in [1.82, 2.24) is 0 Å². The van der Waals surface area contributed by atoms with E-state index in [1.807, 2.05) is 13.8 Å². The third kappa shape index (κ3) is 4.12. The van der Waals surface area contributed by atoms with E-state index in [4.69, 9.17) is 4.74 Å². The van der Waals surface area contributed by atoms with Crippen molar-refractivity contribution in [1.29, 1.82) is 0 Å². The van der Waals surface area contributed by atoms with Gasteiger partial charge in [-0.1, -0.05) is 26.0 Å². The SMILES string of the molecule is CC(C)C(CS)COc1ccccc1C(F)(F)F. The van der Waals surface area contributed by atoms with Crippen LogP contribution in [0.4, 0.5) is 13.2 Å². The van der Waals surface area contributed by atoms with Gasteiger partial charge in [0.2, 0.25) is 0 Å². The van der Waals surface area contributed by atoms with Crippen molar-refractivity contribution >= 4 is 12.6 Å². The molecule has 0 aliphatic heterocycles. The second kappa shape index (κ2) is 6.36. The van der Waals surface area contributed by atoms with Crippen LogP contribution in [0.15, 0.2) is 24.3 Å². The summed E-state index contributed by atoms with van der Waals surface area (Å²) in [6.45, 7) is 4.24. The van der Waals surface area contributed by atoms with Gasteiger partial charge in [0.1, 0.15) is 5.75 Å². The van der Waals surface area contributed by atoms with Crippen LogP contribution in [0.5, 0.6) is 5.75 Å². The maximum absolute atomic E-state index is 12.7. The Labute approximate surface area is 111 Å². The van der Waals surface area contributed by atoms with Crippen LogP contribution < -0.4 is 4.74 Å². The minimum atomic E-state index is -4.38. The zero-order valence-corrected chi connectivity index (χ0v) is 11.3. The van der Waals surface area contributed by atoms with Crippen molar-refractivity contribution < 1.29 is 17.9 Å². The van der Waals surface area contributed by atoms with Gasteiger partial charge in [-0.25, -0.2) is 0 Å². The highest BCUT2D eigenvalue weighted by Gasteiger charge is 2.34. The summed E-state index contributed by atoms with van der Waals surface area (Å²) >= 11 is 4.18. The minimum Gasteiger partial charge on any atom is -0.493 e. The number of benzene rings is 1. The van der Waals surface area contributed by atoms with Crippen LogP contribution >= 0.6 is 12.6 Å². The zero-order chi connectivity index (χ0) is 13.8. The van der Waals surface area contributed by atoms with E-state index in [0.717, 1.165) is 6.07 Å². The molecule has 0 aromatic heterocycles. The maximum Gasteiger partial charge on any atom is 0.419 e. The molecule has 0 aliphatic carbocycles. The molecule has 1 aromatic rings. The molecular weight excluding hydrogens is 261 g/mol. The number of ether oxygens (including phenoxy) is 1.